The third kappa shape index (κ3) is 7.92. The molecule has 0 aliphatic heterocycles. The first-order valence-corrected chi connectivity index (χ1v) is 13.2. The summed E-state index contributed by atoms with van der Waals surface area (Å²) in [6.07, 6.45) is 0. The number of phenols is 2. The zero-order valence-electron chi connectivity index (χ0n) is 21.8. The van der Waals surface area contributed by atoms with E-state index in [2.05, 4.69) is 0 Å². The molecule has 0 aromatic heterocycles. The topological polar surface area (TPSA) is 327 Å². The van der Waals surface area contributed by atoms with E-state index in [1.165, 1.54) is 0 Å². The number of aromatic hydroxyl groups is 2. The second-order valence-corrected chi connectivity index (χ2v) is 10.6. The standard InChI is InChI=1S/2C10H6N2O8S.2Na/c2*13-10-7-4-6(21(18,19)20)2-1-5(7)3-8(11(14)15)9(10)12(16)17;;/h2*1-4,13H,(H,18,19,20);;/q;;2*+1/p-2. The normalized spacial score (nSPS) is 11.0. The Morgan fingerprint density at radius 3 is 1.05 bits per heavy atom. The molecule has 0 saturated heterocycles. The van der Waals surface area contributed by atoms with Crippen molar-refractivity contribution in [2.24, 2.45) is 0 Å². The van der Waals surface area contributed by atoms with Gasteiger partial charge >= 0.3 is 81.9 Å². The minimum atomic E-state index is -4.84. The maximum Gasteiger partial charge on any atom is 1.00 e. The van der Waals surface area contributed by atoms with Crippen LogP contribution in [0.25, 0.3) is 21.5 Å². The van der Waals surface area contributed by atoms with Gasteiger partial charge in [-0.25, -0.2) is 16.8 Å². The van der Waals surface area contributed by atoms with Crippen LogP contribution in [-0.4, -0.2) is 55.8 Å². The Hall–Kier alpha value is -3.58. The van der Waals surface area contributed by atoms with E-state index >= 15 is 0 Å². The summed E-state index contributed by atoms with van der Waals surface area (Å²) in [6.45, 7) is 0. The van der Waals surface area contributed by atoms with Crippen LogP contribution < -0.4 is 59.1 Å². The first-order chi connectivity index (χ1) is 19.2. The van der Waals surface area contributed by atoms with Gasteiger partial charge in [0, 0.05) is 22.9 Å². The SMILES string of the molecule is O=[N+]([O-])c1cc2ccc(S(=O)(=O)[O-])cc2c(O)c1[N+](=O)[O-].O=[N+]([O-])c1cc2ccc(S(=O)(=O)[O-])cc2c(O)c1[N+](=O)[O-].[Na+].[Na+]. The molecule has 0 aliphatic rings. The molecular weight excluding hydrogens is 662 g/mol. The Morgan fingerprint density at radius 2 is 0.818 bits per heavy atom. The van der Waals surface area contributed by atoms with Crippen molar-refractivity contribution in [3.63, 3.8) is 0 Å². The summed E-state index contributed by atoms with van der Waals surface area (Å²) in [5.74, 6) is -2.15. The van der Waals surface area contributed by atoms with Gasteiger partial charge in [-0.2, -0.15) is 0 Å². The summed E-state index contributed by atoms with van der Waals surface area (Å²) in [4.78, 5) is 37.4. The van der Waals surface area contributed by atoms with Gasteiger partial charge < -0.3 is 19.3 Å². The zero-order valence-corrected chi connectivity index (χ0v) is 27.5. The Labute approximate surface area is 287 Å². The summed E-state index contributed by atoms with van der Waals surface area (Å²) in [5.41, 5.74) is -4.23. The summed E-state index contributed by atoms with van der Waals surface area (Å²) in [6, 6.07) is 6.93. The monoisotopic (exact) mass is 672 g/mol. The average Bonchev–Trinajstić information content (AvgIpc) is 2.86. The summed E-state index contributed by atoms with van der Waals surface area (Å²) >= 11 is 0. The van der Waals surface area contributed by atoms with Gasteiger partial charge in [0.25, 0.3) is 0 Å². The third-order valence-corrected chi connectivity index (χ3v) is 7.08. The van der Waals surface area contributed by atoms with Crippen LogP contribution >= 0.6 is 0 Å². The molecule has 0 heterocycles. The van der Waals surface area contributed by atoms with E-state index in [0.717, 1.165) is 48.5 Å². The van der Waals surface area contributed by atoms with E-state index in [-0.39, 0.29) is 80.7 Å². The van der Waals surface area contributed by atoms with Crippen LogP contribution in [0.1, 0.15) is 0 Å². The Balaban J connectivity index is 0.000000421. The molecule has 220 valence electrons. The quantitative estimate of drug-likeness (QED) is 0.0870. The van der Waals surface area contributed by atoms with Gasteiger partial charge in [-0.1, -0.05) is 12.1 Å². The molecule has 0 unspecified atom stereocenters. The predicted octanol–water partition coefficient (Wildman–Crippen LogP) is -3.46. The van der Waals surface area contributed by atoms with Gasteiger partial charge in [-0.3, -0.25) is 40.5 Å². The van der Waals surface area contributed by atoms with Gasteiger partial charge in [-0.15, -0.1) is 0 Å². The molecule has 0 spiro atoms. The maximum atomic E-state index is 10.9. The predicted molar refractivity (Wildman–Crippen MR) is 134 cm³/mol. The van der Waals surface area contributed by atoms with E-state index in [9.17, 15) is 76.6 Å². The van der Waals surface area contributed by atoms with Gasteiger partial charge in [0.15, 0.2) is 0 Å². The van der Waals surface area contributed by atoms with Crippen molar-refractivity contribution in [2.45, 2.75) is 9.79 Å². The van der Waals surface area contributed by atoms with E-state index < -0.39 is 84.0 Å². The van der Waals surface area contributed by atoms with E-state index in [1.807, 2.05) is 0 Å². The van der Waals surface area contributed by atoms with Crippen molar-refractivity contribution < 1.29 is 115 Å². The molecule has 0 bridgehead atoms. The van der Waals surface area contributed by atoms with Crippen LogP contribution in [-0.2, 0) is 20.2 Å². The van der Waals surface area contributed by atoms with Crippen LogP contribution in [0.2, 0.25) is 0 Å². The Kier molecular flexibility index (Phi) is 12.3. The molecule has 20 nitrogen and oxygen atoms in total. The van der Waals surface area contributed by atoms with Gasteiger partial charge in [-0.05, 0) is 35.0 Å². The van der Waals surface area contributed by atoms with Crippen LogP contribution in [0, 0.1) is 40.5 Å². The molecule has 2 N–H and O–H groups in total. The first kappa shape index (κ1) is 38.4. The molecular formula is C20H10N4Na2O16S2. The van der Waals surface area contributed by atoms with Gasteiger partial charge in [0.1, 0.15) is 20.2 Å². The molecule has 4 aromatic rings. The third-order valence-electron chi connectivity index (χ3n) is 5.41. The second kappa shape index (κ2) is 14.0. The number of nitro groups is 4. The Morgan fingerprint density at radius 1 is 0.523 bits per heavy atom. The largest absolute Gasteiger partial charge is 1.00 e. The van der Waals surface area contributed by atoms with Crippen molar-refractivity contribution in [1.82, 2.24) is 0 Å². The van der Waals surface area contributed by atoms with Gasteiger partial charge in [0.05, 0.1) is 29.5 Å². The number of hydrogen-bond acceptors (Lipinski definition) is 16. The minimum absolute atomic E-state index is 0. The molecule has 0 radical (unpaired) electrons. The van der Waals surface area contributed by atoms with E-state index in [1.54, 1.807) is 0 Å². The van der Waals surface area contributed by atoms with Crippen molar-refractivity contribution in [3.8, 4) is 11.5 Å². The number of hydrogen-bond donors (Lipinski definition) is 2. The number of fused-ring (bicyclic) bond motifs is 2. The van der Waals surface area contributed by atoms with Gasteiger partial charge in [0.2, 0.25) is 11.5 Å². The molecule has 0 amide bonds. The molecule has 4 rings (SSSR count). The van der Waals surface area contributed by atoms with Crippen LogP contribution in [0.3, 0.4) is 0 Å². The molecule has 4 aromatic carbocycles. The second-order valence-electron chi connectivity index (χ2n) is 7.89. The smallest absolute Gasteiger partial charge is 0.744 e. The van der Waals surface area contributed by atoms with E-state index in [4.69, 9.17) is 0 Å². The summed E-state index contributed by atoms with van der Waals surface area (Å²) in [7, 11) is -9.67. The maximum absolute atomic E-state index is 10.9. The molecule has 0 atom stereocenters. The fraction of sp³-hybridized carbons (Fsp3) is 0. The van der Waals surface area contributed by atoms with Crippen molar-refractivity contribution in [3.05, 3.63) is 89.0 Å². The number of benzene rings is 4. The Bertz CT molecular complexity index is 1940. The number of nitro benzene ring substituents is 4. The first-order valence-electron chi connectivity index (χ1n) is 10.3. The fourth-order valence-corrected chi connectivity index (χ4v) is 4.60. The van der Waals surface area contributed by atoms with Crippen molar-refractivity contribution in [2.75, 3.05) is 0 Å². The molecule has 24 heteroatoms. The van der Waals surface area contributed by atoms with Crippen LogP contribution in [0.5, 0.6) is 11.5 Å². The van der Waals surface area contributed by atoms with Crippen LogP contribution in [0.4, 0.5) is 22.7 Å². The summed E-state index contributed by atoms with van der Waals surface area (Å²) in [5, 5.41) is 62.1. The summed E-state index contributed by atoms with van der Waals surface area (Å²) < 4.78 is 65.4. The molecule has 0 aliphatic carbocycles. The minimum Gasteiger partial charge on any atom is -0.744 e. The average molecular weight is 672 g/mol. The fourth-order valence-electron chi connectivity index (χ4n) is 3.61. The van der Waals surface area contributed by atoms with Crippen molar-refractivity contribution >= 4 is 64.5 Å². The number of rotatable bonds is 6. The molecule has 0 saturated carbocycles. The molecule has 44 heavy (non-hydrogen) atoms. The zero-order chi connectivity index (χ0) is 31.9. The van der Waals surface area contributed by atoms with Crippen molar-refractivity contribution in [1.29, 1.82) is 0 Å². The van der Waals surface area contributed by atoms with E-state index in [0.29, 0.717) is 0 Å². The molecule has 0 fully saturated rings. The number of phenolic OH excluding ortho intramolecular Hbond substituents is 2. The number of nitrogens with zero attached hydrogens (tertiary/aromatic N) is 4. The van der Waals surface area contributed by atoms with Crippen LogP contribution in [0.15, 0.2) is 58.3 Å².